The van der Waals surface area contributed by atoms with Crippen LogP contribution in [0.4, 0.5) is 13.2 Å². The molecule has 1 fully saturated rings. The van der Waals surface area contributed by atoms with E-state index >= 15 is 4.39 Å². The van der Waals surface area contributed by atoms with Crippen LogP contribution >= 0.6 is 0 Å². The lowest BCUT2D eigenvalue weighted by atomic mass is 9.82. The maximum atomic E-state index is 15.0. The predicted molar refractivity (Wildman–Crippen MR) is 129 cm³/mol. The Morgan fingerprint density at radius 2 is 1.56 bits per heavy atom. The smallest absolute Gasteiger partial charge is 0.166 e. The van der Waals surface area contributed by atoms with E-state index in [1.165, 1.54) is 6.07 Å². The van der Waals surface area contributed by atoms with E-state index in [1.54, 1.807) is 24.3 Å². The third-order valence-electron chi connectivity index (χ3n) is 6.71. The topological polar surface area (TPSA) is 18.5 Å². The Balaban J connectivity index is 1.36. The highest BCUT2D eigenvalue weighted by atomic mass is 19.2. The Morgan fingerprint density at radius 1 is 0.824 bits per heavy atom. The van der Waals surface area contributed by atoms with E-state index in [4.69, 9.17) is 9.47 Å². The second-order valence-electron chi connectivity index (χ2n) is 8.85. The molecule has 0 heterocycles. The molecule has 4 rings (SSSR count). The molecule has 0 spiro atoms. The first kappa shape index (κ1) is 24.3. The molecule has 3 aromatic carbocycles. The van der Waals surface area contributed by atoms with Crippen molar-refractivity contribution in [1.29, 1.82) is 0 Å². The summed E-state index contributed by atoms with van der Waals surface area (Å²) in [6.45, 7) is 4.58. The van der Waals surface area contributed by atoms with Crippen LogP contribution in [-0.2, 0) is 17.8 Å². The first-order chi connectivity index (χ1) is 16.5. The van der Waals surface area contributed by atoms with E-state index in [0.29, 0.717) is 47.5 Å². The minimum Gasteiger partial charge on any atom is -0.494 e. The molecular weight excluding hydrogens is 437 g/mol. The summed E-state index contributed by atoms with van der Waals surface area (Å²) < 4.78 is 55.5. The fourth-order valence-electron chi connectivity index (χ4n) is 4.67. The van der Waals surface area contributed by atoms with Gasteiger partial charge in [-0.2, -0.15) is 0 Å². The molecule has 1 saturated carbocycles. The number of aryl methyl sites for hydroxylation is 1. The molecule has 2 nitrogen and oxygen atoms in total. The molecule has 34 heavy (non-hydrogen) atoms. The monoisotopic (exact) mass is 468 g/mol. The molecule has 0 amide bonds. The van der Waals surface area contributed by atoms with Gasteiger partial charge in [-0.05, 0) is 67.7 Å². The molecule has 0 aromatic heterocycles. The number of rotatable bonds is 8. The molecule has 3 aromatic rings. The van der Waals surface area contributed by atoms with Crippen LogP contribution in [0.15, 0.2) is 54.6 Å². The molecule has 5 heteroatoms. The minimum absolute atomic E-state index is 0.0218. The zero-order valence-corrected chi connectivity index (χ0v) is 19.8. The van der Waals surface area contributed by atoms with Crippen molar-refractivity contribution in [1.82, 2.24) is 0 Å². The van der Waals surface area contributed by atoms with Crippen LogP contribution in [0.3, 0.4) is 0 Å². The second-order valence-corrected chi connectivity index (χ2v) is 8.85. The maximum Gasteiger partial charge on any atom is 0.166 e. The summed E-state index contributed by atoms with van der Waals surface area (Å²) in [6.07, 6.45) is 3.74. The number of benzene rings is 3. The van der Waals surface area contributed by atoms with Crippen molar-refractivity contribution in [2.45, 2.75) is 64.6 Å². The highest BCUT2D eigenvalue weighted by Crippen LogP contribution is 2.38. The fraction of sp³-hybridized carbons (Fsp3) is 0.379. The lowest BCUT2D eigenvalue weighted by Gasteiger charge is -2.29. The second kappa shape index (κ2) is 11.1. The van der Waals surface area contributed by atoms with Crippen molar-refractivity contribution in [3.05, 3.63) is 88.7 Å². The zero-order chi connectivity index (χ0) is 24.1. The van der Waals surface area contributed by atoms with Crippen molar-refractivity contribution in [3.8, 4) is 16.9 Å². The van der Waals surface area contributed by atoms with Gasteiger partial charge in [-0.3, -0.25) is 0 Å². The van der Waals surface area contributed by atoms with E-state index in [9.17, 15) is 8.78 Å². The average molecular weight is 469 g/mol. The number of halogens is 3. The van der Waals surface area contributed by atoms with Crippen LogP contribution in [0.5, 0.6) is 5.75 Å². The van der Waals surface area contributed by atoms with Gasteiger partial charge in [0.2, 0.25) is 0 Å². The van der Waals surface area contributed by atoms with Gasteiger partial charge in [-0.25, -0.2) is 13.2 Å². The molecule has 0 bridgehead atoms. The van der Waals surface area contributed by atoms with Crippen LogP contribution in [0.2, 0.25) is 0 Å². The van der Waals surface area contributed by atoms with Crippen molar-refractivity contribution in [2.75, 3.05) is 6.61 Å². The maximum absolute atomic E-state index is 15.0. The molecule has 180 valence electrons. The third kappa shape index (κ3) is 5.47. The van der Waals surface area contributed by atoms with Crippen LogP contribution in [0.1, 0.15) is 62.1 Å². The number of hydrogen-bond acceptors (Lipinski definition) is 2. The first-order valence-electron chi connectivity index (χ1n) is 12.1. The molecule has 1 aliphatic rings. The Morgan fingerprint density at radius 3 is 2.21 bits per heavy atom. The van der Waals surface area contributed by atoms with Crippen LogP contribution in [-0.4, -0.2) is 12.7 Å². The minimum atomic E-state index is -0.786. The average Bonchev–Trinajstić information content (AvgIpc) is 2.86. The summed E-state index contributed by atoms with van der Waals surface area (Å²) >= 11 is 0. The Bertz CT molecular complexity index is 1100. The molecule has 0 radical (unpaired) electrons. The molecule has 1 aliphatic carbocycles. The summed E-state index contributed by atoms with van der Waals surface area (Å²) in [6, 6.07) is 15.8. The molecule has 0 N–H and O–H groups in total. The Hall–Kier alpha value is -2.79. The van der Waals surface area contributed by atoms with Gasteiger partial charge in [0.1, 0.15) is 11.6 Å². The van der Waals surface area contributed by atoms with Crippen LogP contribution < -0.4 is 4.74 Å². The fourth-order valence-corrected chi connectivity index (χ4v) is 4.67. The summed E-state index contributed by atoms with van der Waals surface area (Å²) in [7, 11) is 0. The molecule has 0 saturated heterocycles. The van der Waals surface area contributed by atoms with Crippen molar-refractivity contribution >= 4 is 0 Å². The normalized spacial score (nSPS) is 18.1. The van der Waals surface area contributed by atoms with Gasteiger partial charge in [-0.1, -0.05) is 49.4 Å². The summed E-state index contributed by atoms with van der Waals surface area (Å²) in [5.74, 6) is -1.43. The largest absolute Gasteiger partial charge is 0.494 e. The quantitative estimate of drug-likeness (QED) is 0.334. The van der Waals surface area contributed by atoms with E-state index in [1.807, 2.05) is 31.2 Å². The molecular formula is C29H31F3O2. The van der Waals surface area contributed by atoms with Crippen LogP contribution in [0.25, 0.3) is 11.1 Å². The SMILES string of the molecule is CCOc1ccc(COC2CCC(c3ccc(-c4ccc(CC)cc4)c(F)c3F)CC2)c(F)c1. The van der Waals surface area contributed by atoms with Gasteiger partial charge in [0.25, 0.3) is 0 Å². The van der Waals surface area contributed by atoms with Gasteiger partial charge in [-0.15, -0.1) is 0 Å². The lowest BCUT2D eigenvalue weighted by Crippen LogP contribution is -2.21. The summed E-state index contributed by atoms with van der Waals surface area (Å²) in [4.78, 5) is 0. The highest BCUT2D eigenvalue weighted by molar-refractivity contribution is 5.65. The van der Waals surface area contributed by atoms with Gasteiger partial charge < -0.3 is 9.47 Å². The van der Waals surface area contributed by atoms with E-state index < -0.39 is 11.6 Å². The van der Waals surface area contributed by atoms with Gasteiger partial charge in [0.15, 0.2) is 11.6 Å². The van der Waals surface area contributed by atoms with Gasteiger partial charge in [0.05, 0.1) is 19.3 Å². The Labute approximate surface area is 199 Å². The molecule has 0 unspecified atom stereocenters. The van der Waals surface area contributed by atoms with Crippen molar-refractivity contribution in [2.24, 2.45) is 0 Å². The third-order valence-corrected chi connectivity index (χ3v) is 6.71. The van der Waals surface area contributed by atoms with Gasteiger partial charge >= 0.3 is 0 Å². The molecule has 0 aliphatic heterocycles. The number of ether oxygens (including phenoxy) is 2. The van der Waals surface area contributed by atoms with Crippen LogP contribution in [0, 0.1) is 17.5 Å². The summed E-state index contributed by atoms with van der Waals surface area (Å²) in [5, 5.41) is 0. The van der Waals surface area contributed by atoms with E-state index in [0.717, 1.165) is 24.8 Å². The first-order valence-corrected chi connectivity index (χ1v) is 12.1. The lowest BCUT2D eigenvalue weighted by molar-refractivity contribution is 0.0118. The van der Waals surface area contributed by atoms with Gasteiger partial charge in [0, 0.05) is 17.2 Å². The van der Waals surface area contributed by atoms with Crippen molar-refractivity contribution in [3.63, 3.8) is 0 Å². The Kier molecular flexibility index (Phi) is 7.94. The van der Waals surface area contributed by atoms with E-state index in [2.05, 4.69) is 6.92 Å². The van der Waals surface area contributed by atoms with E-state index in [-0.39, 0.29) is 24.4 Å². The zero-order valence-electron chi connectivity index (χ0n) is 19.8. The molecule has 0 atom stereocenters. The van der Waals surface area contributed by atoms with Crippen molar-refractivity contribution < 1.29 is 22.6 Å². The highest BCUT2D eigenvalue weighted by Gasteiger charge is 2.27. The predicted octanol–water partition coefficient (Wildman–Crippen LogP) is 7.98. The summed E-state index contributed by atoms with van der Waals surface area (Å²) in [5.41, 5.74) is 3.05. The standard InChI is InChI=1S/C29H31F3O2/c1-3-19-5-7-20(8-6-19)25-15-16-26(29(32)28(25)31)21-9-12-23(13-10-21)34-18-22-11-14-24(33-4-2)17-27(22)30/h5-8,11,14-17,21,23H,3-4,9-10,12-13,18H2,1-2H3. The number of hydrogen-bond donors (Lipinski definition) is 0.